The molecule has 4 rings (SSSR count). The van der Waals surface area contributed by atoms with E-state index in [2.05, 4.69) is 20.2 Å². The van der Waals surface area contributed by atoms with Crippen LogP contribution in [-0.2, 0) is 16.6 Å². The lowest BCUT2D eigenvalue weighted by Crippen LogP contribution is -2.24. The van der Waals surface area contributed by atoms with Crippen LogP contribution in [0.15, 0.2) is 77.8 Å². The second-order valence-electron chi connectivity index (χ2n) is 6.36. The van der Waals surface area contributed by atoms with Gasteiger partial charge in [-0.25, -0.2) is 12.8 Å². The van der Waals surface area contributed by atoms with Gasteiger partial charge in [0.2, 0.25) is 0 Å². The van der Waals surface area contributed by atoms with E-state index in [-0.39, 0.29) is 23.0 Å². The number of benzene rings is 2. The number of nitrogens with one attached hydrogen (secondary N) is 2. The van der Waals surface area contributed by atoms with Gasteiger partial charge in [0.05, 0.1) is 11.4 Å². The summed E-state index contributed by atoms with van der Waals surface area (Å²) in [5, 5.41) is 10.8. The van der Waals surface area contributed by atoms with Crippen LogP contribution in [0.1, 0.15) is 16.2 Å². The second kappa shape index (κ2) is 7.91. The lowest BCUT2D eigenvalue weighted by molar-refractivity contribution is 0.0949. The number of halogens is 1. The molecule has 0 unspecified atom stereocenters. The smallest absolute Gasteiger partial charge is 0.261 e. The third-order valence-corrected chi connectivity index (χ3v) is 5.71. The molecule has 1 amide bonds. The monoisotopic (exact) mass is 425 g/mol. The molecule has 0 radical (unpaired) electrons. The van der Waals surface area contributed by atoms with Crippen LogP contribution in [0, 0.1) is 5.82 Å². The van der Waals surface area contributed by atoms with Crippen molar-refractivity contribution in [2.75, 3.05) is 4.72 Å². The summed E-state index contributed by atoms with van der Waals surface area (Å²) in [6.07, 6.45) is 1.80. The van der Waals surface area contributed by atoms with Crippen LogP contribution >= 0.6 is 0 Å². The van der Waals surface area contributed by atoms with Crippen LogP contribution in [0.5, 0.6) is 0 Å². The number of nitrogens with zero attached hydrogens (tertiary/aromatic N) is 3. The molecule has 4 aromatic rings. The first-order valence-corrected chi connectivity index (χ1v) is 10.4. The molecule has 0 aliphatic rings. The Morgan fingerprint density at radius 1 is 0.967 bits per heavy atom. The first kappa shape index (κ1) is 19.5. The van der Waals surface area contributed by atoms with Crippen molar-refractivity contribution in [2.45, 2.75) is 11.4 Å². The highest BCUT2D eigenvalue weighted by Crippen LogP contribution is 2.17. The molecule has 2 aromatic heterocycles. The van der Waals surface area contributed by atoms with Crippen LogP contribution in [0.25, 0.3) is 5.65 Å². The van der Waals surface area contributed by atoms with Crippen molar-refractivity contribution in [3.63, 3.8) is 0 Å². The van der Waals surface area contributed by atoms with Gasteiger partial charge in [-0.15, -0.1) is 10.2 Å². The van der Waals surface area contributed by atoms with Crippen LogP contribution in [0.4, 0.5) is 10.1 Å². The van der Waals surface area contributed by atoms with Gasteiger partial charge >= 0.3 is 0 Å². The van der Waals surface area contributed by atoms with E-state index in [0.29, 0.717) is 17.0 Å². The van der Waals surface area contributed by atoms with E-state index in [1.165, 1.54) is 36.4 Å². The number of carbonyl (C=O) groups is 1. The highest BCUT2D eigenvalue weighted by Gasteiger charge is 2.16. The summed E-state index contributed by atoms with van der Waals surface area (Å²) >= 11 is 0. The van der Waals surface area contributed by atoms with Crippen molar-refractivity contribution in [3.05, 3.63) is 90.1 Å². The van der Waals surface area contributed by atoms with E-state index in [9.17, 15) is 17.6 Å². The summed E-state index contributed by atoms with van der Waals surface area (Å²) in [4.78, 5) is 12.4. The molecule has 2 N–H and O–H groups in total. The average Bonchev–Trinajstić information content (AvgIpc) is 3.17. The van der Waals surface area contributed by atoms with Crippen molar-refractivity contribution in [2.24, 2.45) is 0 Å². The molecule has 0 saturated heterocycles. The standard InChI is InChI=1S/C20H16FN5O3S/c21-15-6-8-16(9-7-15)25-30(28,29)17-10-4-14(5-11-17)20(27)22-13-19-24-23-18-3-1-2-12-26(18)19/h1-12,25H,13H2,(H,22,27). The van der Waals surface area contributed by atoms with Gasteiger partial charge in [0.1, 0.15) is 5.82 Å². The Morgan fingerprint density at radius 3 is 2.43 bits per heavy atom. The van der Waals surface area contributed by atoms with Gasteiger partial charge in [-0.2, -0.15) is 0 Å². The molecule has 8 nitrogen and oxygen atoms in total. The third kappa shape index (κ3) is 4.13. The number of anilines is 1. The quantitative estimate of drug-likeness (QED) is 0.494. The number of pyridine rings is 1. The van der Waals surface area contributed by atoms with Gasteiger partial charge < -0.3 is 5.32 Å². The summed E-state index contributed by atoms with van der Waals surface area (Å²) in [5.41, 5.74) is 1.20. The van der Waals surface area contributed by atoms with E-state index in [1.54, 1.807) is 16.7 Å². The molecule has 152 valence electrons. The minimum Gasteiger partial charge on any atom is -0.345 e. The Labute approximate surface area is 171 Å². The molecule has 0 fully saturated rings. The summed E-state index contributed by atoms with van der Waals surface area (Å²) in [6.45, 7) is 0.163. The first-order chi connectivity index (χ1) is 14.4. The number of sulfonamides is 1. The predicted molar refractivity (Wildman–Crippen MR) is 108 cm³/mol. The zero-order valence-electron chi connectivity index (χ0n) is 15.5. The molecule has 30 heavy (non-hydrogen) atoms. The number of rotatable bonds is 6. The van der Waals surface area contributed by atoms with Crippen molar-refractivity contribution in [3.8, 4) is 0 Å². The molecule has 0 saturated carbocycles. The first-order valence-electron chi connectivity index (χ1n) is 8.88. The molecule has 0 aliphatic carbocycles. The van der Waals surface area contributed by atoms with E-state index >= 15 is 0 Å². The molecular formula is C20H16FN5O3S. The Kier molecular flexibility index (Phi) is 5.15. The Morgan fingerprint density at radius 2 is 1.70 bits per heavy atom. The fourth-order valence-corrected chi connectivity index (χ4v) is 3.85. The van der Waals surface area contributed by atoms with Gasteiger partial charge in [0, 0.05) is 17.4 Å². The summed E-state index contributed by atoms with van der Waals surface area (Å²) < 4.78 is 42.0. The minimum absolute atomic E-state index is 0.0215. The van der Waals surface area contributed by atoms with E-state index in [0.717, 1.165) is 12.1 Å². The summed E-state index contributed by atoms with van der Waals surface area (Å²) in [5.74, 6) is -0.271. The normalized spacial score (nSPS) is 11.4. The van der Waals surface area contributed by atoms with Crippen LogP contribution in [-0.4, -0.2) is 28.9 Å². The van der Waals surface area contributed by atoms with E-state index in [4.69, 9.17) is 0 Å². The zero-order chi connectivity index (χ0) is 21.1. The molecular weight excluding hydrogens is 409 g/mol. The third-order valence-electron chi connectivity index (χ3n) is 4.31. The maximum atomic E-state index is 13.0. The largest absolute Gasteiger partial charge is 0.345 e. The lowest BCUT2D eigenvalue weighted by Gasteiger charge is -2.09. The number of aromatic nitrogens is 3. The minimum atomic E-state index is -3.87. The SMILES string of the molecule is O=C(NCc1nnc2ccccn12)c1ccc(S(=O)(=O)Nc2ccc(F)cc2)cc1. The number of fused-ring (bicyclic) bond motifs is 1. The molecule has 2 heterocycles. The van der Waals surface area contributed by atoms with Gasteiger partial charge in [0.15, 0.2) is 11.5 Å². The van der Waals surface area contributed by atoms with Gasteiger partial charge in [0.25, 0.3) is 15.9 Å². The molecule has 0 aliphatic heterocycles. The van der Waals surface area contributed by atoms with Crippen molar-refractivity contribution in [1.82, 2.24) is 19.9 Å². The summed E-state index contributed by atoms with van der Waals surface area (Å²) in [6, 6.07) is 15.9. The Bertz CT molecular complexity index is 1300. The Hall–Kier alpha value is -3.79. The van der Waals surface area contributed by atoms with Crippen molar-refractivity contribution in [1.29, 1.82) is 0 Å². The number of amides is 1. The molecule has 2 aromatic carbocycles. The number of hydrogen-bond donors (Lipinski definition) is 2. The molecule has 0 spiro atoms. The fourth-order valence-electron chi connectivity index (χ4n) is 2.79. The Balaban J connectivity index is 1.43. The second-order valence-corrected chi connectivity index (χ2v) is 8.05. The lowest BCUT2D eigenvalue weighted by atomic mass is 10.2. The van der Waals surface area contributed by atoms with Crippen LogP contribution < -0.4 is 10.0 Å². The zero-order valence-corrected chi connectivity index (χ0v) is 16.3. The van der Waals surface area contributed by atoms with E-state index in [1.807, 2.05) is 12.1 Å². The number of hydrogen-bond acceptors (Lipinski definition) is 5. The maximum Gasteiger partial charge on any atom is 0.261 e. The van der Waals surface area contributed by atoms with E-state index < -0.39 is 15.8 Å². The topological polar surface area (TPSA) is 105 Å². The van der Waals surface area contributed by atoms with Gasteiger partial charge in [-0.3, -0.25) is 13.9 Å². The van der Waals surface area contributed by atoms with Gasteiger partial charge in [-0.05, 0) is 60.7 Å². The van der Waals surface area contributed by atoms with Crippen molar-refractivity contribution >= 4 is 27.3 Å². The average molecular weight is 425 g/mol. The highest BCUT2D eigenvalue weighted by molar-refractivity contribution is 7.92. The predicted octanol–water partition coefficient (Wildman–Crippen LogP) is 2.60. The summed E-state index contributed by atoms with van der Waals surface area (Å²) in [7, 11) is -3.87. The molecule has 10 heteroatoms. The van der Waals surface area contributed by atoms with Crippen LogP contribution in [0.2, 0.25) is 0 Å². The fraction of sp³-hybridized carbons (Fsp3) is 0.0500. The van der Waals surface area contributed by atoms with Crippen molar-refractivity contribution < 1.29 is 17.6 Å². The van der Waals surface area contributed by atoms with Gasteiger partial charge in [-0.1, -0.05) is 6.07 Å². The highest BCUT2D eigenvalue weighted by atomic mass is 32.2. The molecule has 0 bridgehead atoms. The number of carbonyl (C=O) groups excluding carboxylic acids is 1. The molecule has 0 atom stereocenters. The van der Waals surface area contributed by atoms with Crippen LogP contribution in [0.3, 0.4) is 0 Å². The maximum absolute atomic E-state index is 13.0.